The smallest absolute Gasteiger partial charge is 0.0991 e. The first-order chi connectivity index (χ1) is 8.28. The Morgan fingerprint density at radius 2 is 1.65 bits per heavy atom. The second kappa shape index (κ2) is 5.04. The Morgan fingerprint density at radius 3 is 2.29 bits per heavy atom. The van der Waals surface area contributed by atoms with Gasteiger partial charge in [0.1, 0.15) is 0 Å². The Balaban J connectivity index is 2.17. The predicted octanol–water partition coefficient (Wildman–Crippen LogP) is 4.28. The first-order valence-electron chi connectivity index (χ1n) is 5.26. The van der Waals surface area contributed by atoms with Crippen LogP contribution in [-0.2, 0) is 0 Å². The van der Waals surface area contributed by atoms with E-state index in [4.69, 9.17) is 5.26 Å². The highest BCUT2D eigenvalue weighted by molar-refractivity contribution is 5.44. The average molecular weight is 221 g/mol. The van der Waals surface area contributed by atoms with Gasteiger partial charge in [-0.1, -0.05) is 12.1 Å². The van der Waals surface area contributed by atoms with E-state index >= 15 is 0 Å². The summed E-state index contributed by atoms with van der Waals surface area (Å²) in [5.41, 5.74) is 3.35. The van der Waals surface area contributed by atoms with Crippen LogP contribution in [0.3, 0.4) is 0 Å². The van der Waals surface area contributed by atoms with Crippen LogP contribution < -0.4 is 0 Å². The van der Waals surface area contributed by atoms with Gasteiger partial charge < -0.3 is 0 Å². The van der Waals surface area contributed by atoms with Crippen molar-refractivity contribution in [1.29, 1.82) is 5.26 Å². The van der Waals surface area contributed by atoms with Crippen molar-refractivity contribution in [2.45, 2.75) is 6.92 Å². The van der Waals surface area contributed by atoms with Gasteiger partial charge in [-0.15, -0.1) is 0 Å². The summed E-state index contributed by atoms with van der Waals surface area (Å²) >= 11 is 0. The fraction of sp³-hybridized carbons (Fsp3) is 0.0714. The Bertz CT molecular complexity index is 577. The highest BCUT2D eigenvalue weighted by atomic mass is 15.1. The number of aryl methyl sites for hydroxylation is 1. The number of benzene rings is 2. The molecule has 2 rings (SSSR count). The SMILES string of the molecule is Cc1cccc(N=Nc2ccc(C#N)cc2)c1. The molecule has 0 aliphatic carbocycles. The lowest BCUT2D eigenvalue weighted by molar-refractivity contribution is 1.22. The lowest BCUT2D eigenvalue weighted by atomic mass is 10.2. The zero-order valence-electron chi connectivity index (χ0n) is 9.46. The fourth-order valence-corrected chi connectivity index (χ4v) is 1.41. The number of hydrogen-bond acceptors (Lipinski definition) is 3. The molecular formula is C14H11N3. The molecule has 0 amide bonds. The molecule has 0 aliphatic heterocycles. The van der Waals surface area contributed by atoms with Gasteiger partial charge in [0.15, 0.2) is 0 Å². The second-order valence-corrected chi connectivity index (χ2v) is 3.70. The van der Waals surface area contributed by atoms with Gasteiger partial charge in [-0.25, -0.2) is 0 Å². The third-order valence-electron chi connectivity index (χ3n) is 2.28. The largest absolute Gasteiger partial charge is 0.192 e. The van der Waals surface area contributed by atoms with Crippen LogP contribution in [0.2, 0.25) is 0 Å². The van der Waals surface area contributed by atoms with E-state index in [1.165, 1.54) is 0 Å². The van der Waals surface area contributed by atoms with Crippen LogP contribution in [-0.4, -0.2) is 0 Å². The van der Waals surface area contributed by atoms with Gasteiger partial charge in [0.2, 0.25) is 0 Å². The van der Waals surface area contributed by atoms with Crippen LogP contribution in [0.5, 0.6) is 0 Å². The van der Waals surface area contributed by atoms with Gasteiger partial charge in [-0.3, -0.25) is 0 Å². The number of nitriles is 1. The molecule has 0 aromatic heterocycles. The van der Waals surface area contributed by atoms with Crippen LogP contribution in [0.1, 0.15) is 11.1 Å². The highest BCUT2D eigenvalue weighted by Crippen LogP contribution is 2.19. The Kier molecular flexibility index (Phi) is 3.27. The third kappa shape index (κ3) is 2.99. The zero-order chi connectivity index (χ0) is 12.1. The Morgan fingerprint density at radius 1 is 0.941 bits per heavy atom. The maximum atomic E-state index is 8.66. The molecular weight excluding hydrogens is 210 g/mol. The standard InChI is InChI=1S/C14H11N3/c1-11-3-2-4-14(9-11)17-16-13-7-5-12(10-15)6-8-13/h2-9H,1H3. The molecule has 0 spiro atoms. The minimum Gasteiger partial charge on any atom is -0.192 e. The van der Waals surface area contributed by atoms with Gasteiger partial charge in [0, 0.05) is 0 Å². The van der Waals surface area contributed by atoms with Gasteiger partial charge >= 0.3 is 0 Å². The first-order valence-corrected chi connectivity index (χ1v) is 5.26. The highest BCUT2D eigenvalue weighted by Gasteiger charge is 1.92. The molecule has 82 valence electrons. The summed E-state index contributed by atoms with van der Waals surface area (Å²) in [7, 11) is 0. The molecule has 0 fully saturated rings. The molecule has 0 N–H and O–H groups in total. The summed E-state index contributed by atoms with van der Waals surface area (Å²) in [6.45, 7) is 2.01. The summed E-state index contributed by atoms with van der Waals surface area (Å²) in [6.07, 6.45) is 0. The van der Waals surface area contributed by atoms with Crippen molar-refractivity contribution in [2.24, 2.45) is 10.2 Å². The molecule has 0 bridgehead atoms. The minimum atomic E-state index is 0.625. The average Bonchev–Trinajstić information content (AvgIpc) is 2.37. The Hall–Kier alpha value is -2.47. The number of hydrogen-bond donors (Lipinski definition) is 0. The minimum absolute atomic E-state index is 0.625. The molecule has 3 nitrogen and oxygen atoms in total. The van der Waals surface area contributed by atoms with E-state index in [1.54, 1.807) is 24.3 Å². The molecule has 3 heteroatoms. The molecule has 0 heterocycles. The molecule has 2 aromatic rings. The maximum Gasteiger partial charge on any atom is 0.0991 e. The van der Waals surface area contributed by atoms with E-state index in [-0.39, 0.29) is 0 Å². The van der Waals surface area contributed by atoms with Gasteiger partial charge in [0.05, 0.1) is 23.0 Å². The molecule has 2 aromatic carbocycles. The summed E-state index contributed by atoms with van der Waals surface area (Å²) in [5, 5.41) is 16.9. The molecule has 0 unspecified atom stereocenters. The quantitative estimate of drug-likeness (QED) is 0.698. The lowest BCUT2D eigenvalue weighted by Crippen LogP contribution is -1.71. The van der Waals surface area contributed by atoms with Crippen molar-refractivity contribution >= 4 is 11.4 Å². The predicted molar refractivity (Wildman–Crippen MR) is 66.5 cm³/mol. The summed E-state index contributed by atoms with van der Waals surface area (Å²) in [5.74, 6) is 0. The van der Waals surface area contributed by atoms with Crippen molar-refractivity contribution in [3.63, 3.8) is 0 Å². The third-order valence-corrected chi connectivity index (χ3v) is 2.28. The first kappa shape index (κ1) is 11.0. The molecule has 17 heavy (non-hydrogen) atoms. The monoisotopic (exact) mass is 221 g/mol. The summed E-state index contributed by atoms with van der Waals surface area (Å²) < 4.78 is 0. The summed E-state index contributed by atoms with van der Waals surface area (Å²) in [4.78, 5) is 0. The van der Waals surface area contributed by atoms with E-state index in [1.807, 2.05) is 31.2 Å². The topological polar surface area (TPSA) is 48.5 Å². The van der Waals surface area contributed by atoms with Crippen molar-refractivity contribution < 1.29 is 0 Å². The molecule has 0 radical (unpaired) electrons. The Labute approximate surface area is 100 Å². The van der Waals surface area contributed by atoms with Gasteiger partial charge in [0.25, 0.3) is 0 Å². The van der Waals surface area contributed by atoms with E-state index in [0.29, 0.717) is 5.56 Å². The van der Waals surface area contributed by atoms with Crippen LogP contribution in [0.4, 0.5) is 11.4 Å². The van der Waals surface area contributed by atoms with Crippen LogP contribution in [0.25, 0.3) is 0 Å². The van der Waals surface area contributed by atoms with E-state index < -0.39 is 0 Å². The van der Waals surface area contributed by atoms with E-state index in [2.05, 4.69) is 16.3 Å². The molecule has 0 atom stereocenters. The maximum absolute atomic E-state index is 8.66. The number of azo groups is 1. The van der Waals surface area contributed by atoms with Gasteiger partial charge in [-0.05, 0) is 48.9 Å². The summed E-state index contributed by atoms with van der Waals surface area (Å²) in [6, 6.07) is 16.9. The van der Waals surface area contributed by atoms with Gasteiger partial charge in [-0.2, -0.15) is 15.5 Å². The van der Waals surface area contributed by atoms with E-state index in [9.17, 15) is 0 Å². The van der Waals surface area contributed by atoms with Crippen molar-refractivity contribution in [1.82, 2.24) is 0 Å². The normalized spacial score (nSPS) is 10.4. The number of rotatable bonds is 2. The van der Waals surface area contributed by atoms with Crippen molar-refractivity contribution in [3.8, 4) is 6.07 Å². The van der Waals surface area contributed by atoms with Crippen LogP contribution in [0.15, 0.2) is 58.8 Å². The second-order valence-electron chi connectivity index (χ2n) is 3.70. The number of nitrogens with zero attached hydrogens (tertiary/aromatic N) is 3. The fourth-order valence-electron chi connectivity index (χ4n) is 1.41. The van der Waals surface area contributed by atoms with Crippen molar-refractivity contribution in [2.75, 3.05) is 0 Å². The molecule has 0 aliphatic rings. The molecule has 0 saturated heterocycles. The van der Waals surface area contributed by atoms with Crippen LogP contribution >= 0.6 is 0 Å². The van der Waals surface area contributed by atoms with E-state index in [0.717, 1.165) is 16.9 Å². The van der Waals surface area contributed by atoms with Crippen LogP contribution in [0, 0.1) is 18.3 Å². The lowest BCUT2D eigenvalue weighted by Gasteiger charge is -1.95. The van der Waals surface area contributed by atoms with Crippen molar-refractivity contribution in [3.05, 3.63) is 59.7 Å². The zero-order valence-corrected chi connectivity index (χ0v) is 9.46. The molecule has 0 saturated carbocycles.